The number of rotatable bonds is 5. The van der Waals surface area contributed by atoms with E-state index in [9.17, 15) is 9.59 Å². The minimum Gasteiger partial charge on any atom is -0.464 e. The highest BCUT2D eigenvalue weighted by atomic mass is 16.5. The van der Waals surface area contributed by atoms with Gasteiger partial charge in [0.25, 0.3) is 0 Å². The van der Waals surface area contributed by atoms with Gasteiger partial charge >= 0.3 is 11.7 Å². The number of nitrogens with zero attached hydrogens (tertiary/aromatic N) is 6. The summed E-state index contributed by atoms with van der Waals surface area (Å²) in [7, 11) is 1.29. The second-order valence-electron chi connectivity index (χ2n) is 7.46. The van der Waals surface area contributed by atoms with E-state index in [2.05, 4.69) is 20.1 Å². The van der Waals surface area contributed by atoms with E-state index in [4.69, 9.17) is 14.9 Å². The molecule has 0 unspecified atom stereocenters. The molecule has 4 heterocycles. The molecule has 1 aromatic carbocycles. The number of hydrogen-bond donors (Lipinski definition) is 1. The van der Waals surface area contributed by atoms with Gasteiger partial charge in [0, 0.05) is 11.3 Å². The van der Waals surface area contributed by atoms with Gasteiger partial charge in [0.2, 0.25) is 11.8 Å². The van der Waals surface area contributed by atoms with E-state index < -0.39 is 11.7 Å². The van der Waals surface area contributed by atoms with E-state index in [1.54, 1.807) is 19.1 Å². The van der Waals surface area contributed by atoms with Gasteiger partial charge in [-0.15, -0.1) is 5.10 Å². The summed E-state index contributed by atoms with van der Waals surface area (Å²) in [5.41, 5.74) is 9.05. The molecular weight excluding hydrogens is 438 g/mol. The number of hydrogen-bond acceptors (Lipinski definition) is 9. The summed E-state index contributed by atoms with van der Waals surface area (Å²) in [5.74, 6) is -0.299. The van der Waals surface area contributed by atoms with Crippen molar-refractivity contribution in [2.45, 2.75) is 13.5 Å². The van der Waals surface area contributed by atoms with Crippen LogP contribution in [-0.2, 0) is 11.3 Å². The fraction of sp³-hybridized carbons (Fsp3) is 0.130. The third kappa shape index (κ3) is 3.58. The van der Waals surface area contributed by atoms with Crippen molar-refractivity contribution >= 4 is 17.6 Å². The molecule has 0 fully saturated rings. The molecule has 5 aromatic rings. The number of pyridine rings is 1. The number of carbonyl (C=O) groups is 1. The molecular formula is C23H19N7O4. The third-order valence-corrected chi connectivity index (χ3v) is 5.21. The van der Waals surface area contributed by atoms with Crippen molar-refractivity contribution in [2.24, 2.45) is 0 Å². The van der Waals surface area contributed by atoms with Crippen molar-refractivity contribution in [3.05, 3.63) is 82.7 Å². The third-order valence-electron chi connectivity index (χ3n) is 5.21. The van der Waals surface area contributed by atoms with Gasteiger partial charge in [-0.05, 0) is 24.6 Å². The van der Waals surface area contributed by atoms with E-state index in [1.807, 2.05) is 30.3 Å². The Morgan fingerprint density at radius 3 is 2.65 bits per heavy atom. The number of oxazole rings is 1. The van der Waals surface area contributed by atoms with Crippen LogP contribution in [-0.4, -0.2) is 42.2 Å². The van der Waals surface area contributed by atoms with E-state index >= 15 is 0 Å². The van der Waals surface area contributed by atoms with Crippen LogP contribution in [0.2, 0.25) is 0 Å². The van der Waals surface area contributed by atoms with Gasteiger partial charge in [0.05, 0.1) is 24.6 Å². The zero-order valence-corrected chi connectivity index (χ0v) is 18.3. The Kier molecular flexibility index (Phi) is 5.13. The second kappa shape index (κ2) is 8.28. The van der Waals surface area contributed by atoms with Gasteiger partial charge in [0.1, 0.15) is 18.5 Å². The summed E-state index contributed by atoms with van der Waals surface area (Å²) in [6.45, 7) is 1.77. The Hall–Kier alpha value is -4.80. The van der Waals surface area contributed by atoms with Crippen LogP contribution in [0.15, 0.2) is 64.1 Å². The molecule has 0 atom stereocenters. The molecule has 0 aliphatic rings. The first kappa shape index (κ1) is 21.1. The molecule has 0 saturated carbocycles. The zero-order valence-electron chi connectivity index (χ0n) is 18.3. The van der Waals surface area contributed by atoms with Gasteiger partial charge in [-0.1, -0.05) is 30.3 Å². The lowest BCUT2D eigenvalue weighted by atomic mass is 9.99. The molecule has 0 radical (unpaired) electrons. The quantitative estimate of drug-likeness (QED) is 0.393. The van der Waals surface area contributed by atoms with Gasteiger partial charge < -0.3 is 14.9 Å². The highest BCUT2D eigenvalue weighted by Gasteiger charge is 2.23. The second-order valence-corrected chi connectivity index (χ2v) is 7.46. The Labute approximate surface area is 192 Å². The van der Waals surface area contributed by atoms with Crippen LogP contribution < -0.4 is 11.4 Å². The molecule has 11 heteroatoms. The van der Waals surface area contributed by atoms with Crippen molar-refractivity contribution in [1.29, 1.82) is 0 Å². The number of methoxy groups -OCH3 is 1. The highest BCUT2D eigenvalue weighted by Crippen LogP contribution is 2.35. The maximum Gasteiger partial charge on any atom is 0.356 e. The first-order valence-corrected chi connectivity index (χ1v) is 10.3. The lowest BCUT2D eigenvalue weighted by molar-refractivity contribution is 0.0594. The first-order chi connectivity index (χ1) is 16.5. The Balaban J connectivity index is 1.84. The number of carbonyl (C=O) groups excluding carboxylic acids is 1. The van der Waals surface area contributed by atoms with E-state index in [0.717, 1.165) is 5.56 Å². The molecule has 34 heavy (non-hydrogen) atoms. The number of fused-ring (bicyclic) bond motifs is 1. The topological polar surface area (TPSA) is 143 Å². The summed E-state index contributed by atoms with van der Waals surface area (Å²) < 4.78 is 12.5. The van der Waals surface area contributed by atoms with E-state index in [-0.39, 0.29) is 23.8 Å². The largest absolute Gasteiger partial charge is 0.464 e. The number of aryl methyl sites for hydroxylation is 1. The van der Waals surface area contributed by atoms with Gasteiger partial charge in [-0.3, -0.25) is 0 Å². The molecule has 0 amide bonds. The molecule has 4 aromatic heterocycles. The van der Waals surface area contributed by atoms with E-state index in [0.29, 0.717) is 28.4 Å². The summed E-state index contributed by atoms with van der Waals surface area (Å²) in [6.07, 6.45) is 2.90. The number of aromatic nitrogens is 6. The highest BCUT2D eigenvalue weighted by molar-refractivity contribution is 5.94. The smallest absolute Gasteiger partial charge is 0.356 e. The van der Waals surface area contributed by atoms with Crippen LogP contribution in [0.25, 0.3) is 28.0 Å². The molecule has 5 rings (SSSR count). The monoisotopic (exact) mass is 457 g/mol. The van der Waals surface area contributed by atoms with Crippen molar-refractivity contribution in [2.75, 3.05) is 12.8 Å². The maximum atomic E-state index is 13.2. The number of nitrogen functional groups attached to an aromatic ring is 1. The van der Waals surface area contributed by atoms with Crippen LogP contribution in [0.1, 0.15) is 22.1 Å². The van der Waals surface area contributed by atoms with Crippen LogP contribution in [0, 0.1) is 6.92 Å². The van der Waals surface area contributed by atoms with Crippen molar-refractivity contribution in [1.82, 2.24) is 29.1 Å². The van der Waals surface area contributed by atoms with Crippen LogP contribution in [0.3, 0.4) is 0 Å². The molecule has 170 valence electrons. The van der Waals surface area contributed by atoms with Gasteiger partial charge in [-0.2, -0.15) is 0 Å². The lowest BCUT2D eigenvalue weighted by Gasteiger charge is -2.13. The van der Waals surface area contributed by atoms with Crippen LogP contribution in [0.5, 0.6) is 0 Å². The molecule has 0 aliphatic heterocycles. The average Bonchev–Trinajstić information content (AvgIpc) is 3.47. The Morgan fingerprint density at radius 1 is 1.15 bits per heavy atom. The van der Waals surface area contributed by atoms with Crippen LogP contribution >= 0.6 is 0 Å². The molecule has 0 spiro atoms. The lowest BCUT2D eigenvalue weighted by Crippen LogP contribution is -2.23. The Bertz CT molecular complexity index is 1570. The number of esters is 1. The number of nitrogens with two attached hydrogens (primary N) is 1. The fourth-order valence-corrected chi connectivity index (χ4v) is 3.76. The van der Waals surface area contributed by atoms with Gasteiger partial charge in [-0.25, -0.2) is 33.6 Å². The predicted octanol–water partition coefficient (Wildman–Crippen LogP) is 2.33. The first-order valence-electron chi connectivity index (χ1n) is 10.3. The molecule has 0 aliphatic carbocycles. The number of ether oxygens (including phenoxy) is 1. The molecule has 0 saturated heterocycles. The van der Waals surface area contributed by atoms with Crippen molar-refractivity contribution < 1.29 is 13.9 Å². The average molecular weight is 457 g/mol. The number of benzene rings is 1. The minimum absolute atomic E-state index is 0.00977. The van der Waals surface area contributed by atoms with Crippen LogP contribution in [0.4, 0.5) is 5.95 Å². The predicted molar refractivity (Wildman–Crippen MR) is 122 cm³/mol. The maximum absolute atomic E-state index is 13.2. The normalized spacial score (nSPS) is 11.1. The van der Waals surface area contributed by atoms with Crippen molar-refractivity contribution in [3.8, 4) is 22.4 Å². The Morgan fingerprint density at radius 2 is 1.94 bits per heavy atom. The van der Waals surface area contributed by atoms with Crippen molar-refractivity contribution in [3.63, 3.8) is 0 Å². The minimum atomic E-state index is -0.586. The van der Waals surface area contributed by atoms with E-state index in [1.165, 1.54) is 28.7 Å². The summed E-state index contributed by atoms with van der Waals surface area (Å²) in [5, 5.41) is 4.55. The fourth-order valence-electron chi connectivity index (χ4n) is 3.76. The summed E-state index contributed by atoms with van der Waals surface area (Å²) >= 11 is 0. The number of anilines is 1. The molecule has 2 N–H and O–H groups in total. The summed E-state index contributed by atoms with van der Waals surface area (Å²) in [4.78, 5) is 38.3. The molecule has 11 nitrogen and oxygen atoms in total. The van der Waals surface area contributed by atoms with Gasteiger partial charge in [0.15, 0.2) is 5.65 Å². The standard InChI is InChI=1S/C23H19N7O4/c1-13-10-15(11-16(26-13)21(31)33-2)18-19(14-6-4-3-5-7-14)27-22(24)30-20(18)28-29(23(30)32)12-17-25-8-9-34-17/h3-11H,12H2,1-2H3,(H2,24,27). The SMILES string of the molecule is COC(=O)c1cc(-c2c(-c3ccccc3)nc(N)n3c(=O)n(Cc4ncco4)nc23)cc(C)n1. The molecule has 0 bridgehead atoms. The summed E-state index contributed by atoms with van der Waals surface area (Å²) in [6, 6.07) is 12.7. The zero-order chi connectivity index (χ0) is 23.8.